The van der Waals surface area contributed by atoms with Crippen molar-refractivity contribution in [3.8, 4) is 0 Å². The summed E-state index contributed by atoms with van der Waals surface area (Å²) >= 11 is 0. The molecule has 0 aliphatic rings. The monoisotopic (exact) mass is 333 g/mol. The highest BCUT2D eigenvalue weighted by Crippen LogP contribution is 2.15. The van der Waals surface area contributed by atoms with Gasteiger partial charge in [-0.15, -0.1) is 0 Å². The number of sulfone groups is 1. The van der Waals surface area contributed by atoms with Crippen LogP contribution in [0.15, 0.2) is 65.6 Å². The molecule has 2 rings (SSSR count). The average molecular weight is 333 g/mol. The molecular formula is C18H23NO3S. The molecule has 0 fully saturated rings. The molecule has 5 heteroatoms. The number of nitrogens with zero attached hydrogens (tertiary/aromatic N) is 1. The molecule has 0 aliphatic carbocycles. The summed E-state index contributed by atoms with van der Waals surface area (Å²) in [4.78, 5) is 2.34. The van der Waals surface area contributed by atoms with Gasteiger partial charge in [0.1, 0.15) is 0 Å². The molecule has 124 valence electrons. The lowest BCUT2D eigenvalue weighted by molar-refractivity contribution is 0.160. The minimum absolute atomic E-state index is 0.00254. The van der Waals surface area contributed by atoms with Gasteiger partial charge in [0.15, 0.2) is 9.84 Å². The first-order valence-electron chi connectivity index (χ1n) is 7.69. The zero-order valence-corrected chi connectivity index (χ0v) is 14.1. The minimum Gasteiger partial charge on any atom is -0.395 e. The predicted molar refractivity (Wildman–Crippen MR) is 91.9 cm³/mol. The second kappa shape index (κ2) is 8.24. The maximum absolute atomic E-state index is 12.5. The van der Waals surface area contributed by atoms with E-state index in [4.69, 9.17) is 0 Å². The van der Waals surface area contributed by atoms with Crippen molar-refractivity contribution in [2.75, 3.05) is 18.9 Å². The van der Waals surface area contributed by atoms with Gasteiger partial charge in [-0.05, 0) is 24.6 Å². The highest BCUT2D eigenvalue weighted by molar-refractivity contribution is 7.91. The Labute approximate surface area is 138 Å². The van der Waals surface area contributed by atoms with Crippen LogP contribution in [-0.4, -0.2) is 43.4 Å². The fraction of sp³-hybridized carbons (Fsp3) is 0.333. The third-order valence-electron chi connectivity index (χ3n) is 3.80. The van der Waals surface area contributed by atoms with Crippen molar-refractivity contribution in [2.45, 2.75) is 24.4 Å². The van der Waals surface area contributed by atoms with Crippen molar-refractivity contribution in [1.82, 2.24) is 4.90 Å². The fourth-order valence-electron chi connectivity index (χ4n) is 2.55. The molecule has 2 aromatic rings. The van der Waals surface area contributed by atoms with E-state index in [0.717, 1.165) is 5.56 Å². The summed E-state index contributed by atoms with van der Waals surface area (Å²) in [5.74, 6) is 0.0316. The Morgan fingerprint density at radius 1 is 1.00 bits per heavy atom. The van der Waals surface area contributed by atoms with Gasteiger partial charge in [0.2, 0.25) is 0 Å². The van der Waals surface area contributed by atoms with Crippen molar-refractivity contribution in [1.29, 1.82) is 0 Å². The number of hydrogen-bond acceptors (Lipinski definition) is 4. The predicted octanol–water partition coefficient (Wildman–Crippen LogP) is 2.34. The van der Waals surface area contributed by atoms with E-state index in [1.54, 1.807) is 30.3 Å². The van der Waals surface area contributed by atoms with Crippen molar-refractivity contribution in [3.63, 3.8) is 0 Å². The zero-order chi connectivity index (χ0) is 16.7. The smallest absolute Gasteiger partial charge is 0.179 e. The number of aliphatic hydroxyl groups is 1. The third-order valence-corrected chi connectivity index (χ3v) is 5.71. The molecule has 2 aromatic carbocycles. The normalized spacial score (nSPS) is 13.2. The largest absolute Gasteiger partial charge is 0.395 e. The van der Waals surface area contributed by atoms with E-state index >= 15 is 0 Å². The van der Waals surface area contributed by atoms with Crippen molar-refractivity contribution < 1.29 is 13.5 Å². The molecule has 0 aliphatic heterocycles. The van der Waals surface area contributed by atoms with Crippen LogP contribution in [0.4, 0.5) is 0 Å². The molecule has 0 radical (unpaired) electrons. The molecule has 0 unspecified atom stereocenters. The van der Waals surface area contributed by atoms with Gasteiger partial charge in [-0.2, -0.15) is 0 Å². The van der Waals surface area contributed by atoms with E-state index < -0.39 is 9.84 Å². The van der Waals surface area contributed by atoms with E-state index in [0.29, 0.717) is 18.0 Å². The average Bonchev–Trinajstić information content (AvgIpc) is 2.56. The standard InChI is InChI=1S/C18H23NO3S/c1-16(15-23(21,22)18-10-6-3-7-11-18)19(12-13-20)14-17-8-4-2-5-9-17/h2-11,16,20H,12-15H2,1H3/t16-/m1/s1. The lowest BCUT2D eigenvalue weighted by Crippen LogP contribution is -2.39. The van der Waals surface area contributed by atoms with E-state index in [-0.39, 0.29) is 18.4 Å². The number of hydrogen-bond donors (Lipinski definition) is 1. The second-order valence-corrected chi connectivity index (χ2v) is 7.66. The lowest BCUT2D eigenvalue weighted by atomic mass is 10.2. The summed E-state index contributed by atoms with van der Waals surface area (Å²) in [6.45, 7) is 2.95. The molecule has 1 atom stereocenters. The zero-order valence-electron chi connectivity index (χ0n) is 13.3. The van der Waals surface area contributed by atoms with Crippen LogP contribution in [0.1, 0.15) is 12.5 Å². The van der Waals surface area contributed by atoms with Gasteiger partial charge in [-0.1, -0.05) is 48.5 Å². The van der Waals surface area contributed by atoms with Crippen LogP contribution in [0.2, 0.25) is 0 Å². The van der Waals surface area contributed by atoms with Gasteiger partial charge in [0, 0.05) is 19.1 Å². The van der Waals surface area contributed by atoms with Crippen LogP contribution in [0.3, 0.4) is 0 Å². The van der Waals surface area contributed by atoms with Gasteiger partial charge in [0.05, 0.1) is 17.3 Å². The maximum Gasteiger partial charge on any atom is 0.179 e. The number of benzene rings is 2. The molecule has 0 saturated carbocycles. The first-order valence-corrected chi connectivity index (χ1v) is 9.35. The minimum atomic E-state index is -3.34. The van der Waals surface area contributed by atoms with E-state index in [1.807, 2.05) is 42.2 Å². The molecule has 0 spiro atoms. The second-order valence-electron chi connectivity index (χ2n) is 5.62. The number of rotatable bonds is 8. The van der Waals surface area contributed by atoms with Gasteiger partial charge in [0.25, 0.3) is 0 Å². The Kier molecular flexibility index (Phi) is 6.33. The molecule has 0 aromatic heterocycles. The highest BCUT2D eigenvalue weighted by Gasteiger charge is 2.22. The molecule has 0 amide bonds. The lowest BCUT2D eigenvalue weighted by Gasteiger charge is -2.28. The van der Waals surface area contributed by atoms with Gasteiger partial charge < -0.3 is 5.11 Å². The topological polar surface area (TPSA) is 57.6 Å². The Morgan fingerprint density at radius 2 is 1.57 bits per heavy atom. The van der Waals surface area contributed by atoms with Crippen molar-refractivity contribution in [2.24, 2.45) is 0 Å². The summed E-state index contributed by atoms with van der Waals surface area (Å²) in [6.07, 6.45) is 0. The van der Waals surface area contributed by atoms with Gasteiger partial charge >= 0.3 is 0 Å². The summed E-state index contributed by atoms with van der Waals surface area (Å²) < 4.78 is 25.0. The van der Waals surface area contributed by atoms with Crippen LogP contribution < -0.4 is 0 Å². The first kappa shape index (κ1) is 17.7. The first-order chi connectivity index (χ1) is 11.0. The van der Waals surface area contributed by atoms with Crippen LogP contribution >= 0.6 is 0 Å². The summed E-state index contributed by atoms with van der Waals surface area (Å²) in [6, 6.07) is 18.2. The Balaban J connectivity index is 2.10. The van der Waals surface area contributed by atoms with Crippen LogP contribution in [-0.2, 0) is 16.4 Å². The van der Waals surface area contributed by atoms with Crippen molar-refractivity contribution >= 4 is 9.84 Å². The quantitative estimate of drug-likeness (QED) is 0.806. The van der Waals surface area contributed by atoms with Crippen LogP contribution in [0.25, 0.3) is 0 Å². The van der Waals surface area contributed by atoms with Crippen LogP contribution in [0.5, 0.6) is 0 Å². The third kappa shape index (κ3) is 5.16. The molecule has 1 N–H and O–H groups in total. The van der Waals surface area contributed by atoms with E-state index in [2.05, 4.69) is 0 Å². The molecule has 0 saturated heterocycles. The van der Waals surface area contributed by atoms with Gasteiger partial charge in [-0.25, -0.2) is 8.42 Å². The molecule has 4 nitrogen and oxygen atoms in total. The van der Waals surface area contributed by atoms with Crippen molar-refractivity contribution in [3.05, 3.63) is 66.2 Å². The molecule has 23 heavy (non-hydrogen) atoms. The molecule has 0 bridgehead atoms. The van der Waals surface area contributed by atoms with E-state index in [9.17, 15) is 13.5 Å². The van der Waals surface area contributed by atoms with E-state index in [1.165, 1.54) is 0 Å². The molecule has 0 heterocycles. The fourth-order valence-corrected chi connectivity index (χ4v) is 4.16. The molecular weight excluding hydrogens is 310 g/mol. The van der Waals surface area contributed by atoms with Crippen LogP contribution in [0, 0.1) is 0 Å². The van der Waals surface area contributed by atoms with Gasteiger partial charge in [-0.3, -0.25) is 4.90 Å². The number of aliphatic hydroxyl groups excluding tert-OH is 1. The summed E-state index contributed by atoms with van der Waals surface area (Å²) in [5.41, 5.74) is 1.10. The SMILES string of the molecule is C[C@H](CS(=O)(=O)c1ccccc1)N(CCO)Cc1ccccc1. The Morgan fingerprint density at radius 3 is 2.13 bits per heavy atom. The Hall–Kier alpha value is -1.69. The highest BCUT2D eigenvalue weighted by atomic mass is 32.2. The maximum atomic E-state index is 12.5. The summed E-state index contributed by atoms with van der Waals surface area (Å²) in [5, 5.41) is 9.29. The summed E-state index contributed by atoms with van der Waals surface area (Å²) in [7, 11) is -3.34. The Bertz CT molecular complexity index is 687.